The van der Waals surface area contributed by atoms with E-state index in [-0.39, 0.29) is 11.9 Å². The first-order valence-corrected chi connectivity index (χ1v) is 11.6. The fourth-order valence-corrected chi connectivity index (χ4v) is 4.29. The Morgan fingerprint density at radius 2 is 1.71 bits per heavy atom. The van der Waals surface area contributed by atoms with E-state index in [1.165, 1.54) is 5.56 Å². The van der Waals surface area contributed by atoms with Gasteiger partial charge in [0.1, 0.15) is 23.7 Å². The van der Waals surface area contributed by atoms with Crippen LogP contribution in [0.4, 0.5) is 0 Å². The fourth-order valence-electron chi connectivity index (χ4n) is 4.29. The highest BCUT2D eigenvalue weighted by atomic mass is 16.5. The summed E-state index contributed by atoms with van der Waals surface area (Å²) in [7, 11) is 0. The summed E-state index contributed by atoms with van der Waals surface area (Å²) in [6, 6.07) is 20.3. The maximum atomic E-state index is 12.9. The van der Waals surface area contributed by atoms with Gasteiger partial charge in [0.05, 0.1) is 6.54 Å². The Morgan fingerprint density at radius 1 is 1.00 bits per heavy atom. The zero-order valence-corrected chi connectivity index (χ0v) is 19.7. The molecule has 2 aromatic carbocycles. The van der Waals surface area contributed by atoms with E-state index in [2.05, 4.69) is 48.4 Å². The van der Waals surface area contributed by atoms with Crippen LogP contribution in [0.3, 0.4) is 0 Å². The number of aromatic nitrogens is 3. The predicted octanol–water partition coefficient (Wildman–Crippen LogP) is 5.45. The molecule has 34 heavy (non-hydrogen) atoms. The second kappa shape index (κ2) is 9.14. The molecule has 1 amide bonds. The average molecular weight is 453 g/mol. The molecule has 5 rings (SSSR count). The van der Waals surface area contributed by atoms with Crippen molar-refractivity contribution in [2.45, 2.75) is 45.9 Å². The number of rotatable bonds is 6. The van der Waals surface area contributed by atoms with Gasteiger partial charge < -0.3 is 10.1 Å². The lowest BCUT2D eigenvalue weighted by Crippen LogP contribution is -2.42. The molecule has 172 valence electrons. The number of pyridine rings is 1. The highest BCUT2D eigenvalue weighted by molar-refractivity contribution is 6.03. The minimum absolute atomic E-state index is 0.0309. The summed E-state index contributed by atoms with van der Waals surface area (Å²) in [5, 5.41) is 7.85. The predicted molar refractivity (Wildman–Crippen MR) is 133 cm³/mol. The Bertz CT molecular complexity index is 1290. The highest BCUT2D eigenvalue weighted by Gasteiger charge is 2.30. The molecule has 1 unspecified atom stereocenters. The topological polar surface area (TPSA) is 69.0 Å². The van der Waals surface area contributed by atoms with Gasteiger partial charge in [-0.05, 0) is 53.8 Å². The third-order valence-corrected chi connectivity index (χ3v) is 6.14. The van der Waals surface area contributed by atoms with Crippen molar-refractivity contribution in [3.63, 3.8) is 0 Å². The van der Waals surface area contributed by atoms with Gasteiger partial charge in [-0.1, -0.05) is 50.2 Å². The van der Waals surface area contributed by atoms with Crippen molar-refractivity contribution in [1.29, 1.82) is 0 Å². The van der Waals surface area contributed by atoms with Gasteiger partial charge in [0.15, 0.2) is 0 Å². The van der Waals surface area contributed by atoms with Crippen LogP contribution in [-0.4, -0.2) is 26.7 Å². The second-order valence-corrected chi connectivity index (χ2v) is 9.07. The first-order chi connectivity index (χ1) is 16.5. The second-order valence-electron chi connectivity index (χ2n) is 9.07. The Balaban J connectivity index is 1.43. The van der Waals surface area contributed by atoms with Crippen molar-refractivity contribution in [3.8, 4) is 28.1 Å². The number of nitrogens with zero attached hydrogens (tertiary/aromatic N) is 3. The molecule has 1 N–H and O–H groups in total. The zero-order valence-electron chi connectivity index (χ0n) is 19.7. The van der Waals surface area contributed by atoms with E-state index in [9.17, 15) is 4.79 Å². The lowest BCUT2D eigenvalue weighted by atomic mass is 9.98. The number of amides is 1. The van der Waals surface area contributed by atoms with Crippen LogP contribution in [0.1, 0.15) is 48.3 Å². The number of benzene rings is 2. The van der Waals surface area contributed by atoms with E-state index >= 15 is 0 Å². The maximum Gasteiger partial charge on any atom is 0.270 e. The molecule has 6 heteroatoms. The molecular formula is C28H28N4O2. The Labute approximate surface area is 199 Å². The van der Waals surface area contributed by atoms with Gasteiger partial charge in [0.25, 0.3) is 5.91 Å². The molecule has 0 spiro atoms. The van der Waals surface area contributed by atoms with Crippen LogP contribution < -0.4 is 10.1 Å². The van der Waals surface area contributed by atoms with Crippen molar-refractivity contribution in [3.05, 3.63) is 89.9 Å². The molecule has 4 aromatic rings. The zero-order chi connectivity index (χ0) is 23.7. The van der Waals surface area contributed by atoms with Crippen LogP contribution in [0.5, 0.6) is 5.75 Å². The minimum atomic E-state index is -0.105. The normalized spacial score (nSPS) is 15.2. The maximum absolute atomic E-state index is 12.9. The van der Waals surface area contributed by atoms with E-state index in [1.54, 1.807) is 12.4 Å². The Morgan fingerprint density at radius 3 is 2.38 bits per heavy atom. The molecule has 0 radical (unpaired) electrons. The number of carbonyl (C=O) groups excluding carboxylic acids is 1. The summed E-state index contributed by atoms with van der Waals surface area (Å²) in [6.45, 7) is 7.50. The Kier molecular flexibility index (Phi) is 5.88. The molecule has 0 fully saturated rings. The van der Waals surface area contributed by atoms with Crippen molar-refractivity contribution >= 4 is 5.91 Å². The summed E-state index contributed by atoms with van der Waals surface area (Å²) in [4.78, 5) is 17.0. The quantitative estimate of drug-likeness (QED) is 0.423. The molecule has 6 nitrogen and oxygen atoms in total. The number of ether oxygens (including phenoxy) is 1. The van der Waals surface area contributed by atoms with Gasteiger partial charge in [0, 0.05) is 29.6 Å². The summed E-state index contributed by atoms with van der Waals surface area (Å²) in [5.41, 5.74) is 6.49. The van der Waals surface area contributed by atoms with E-state index < -0.39 is 0 Å². The molecular weight excluding hydrogens is 424 g/mol. The SMILES string of the molecule is CC1Cn2nc(-c3ccncc3)c(-c3ccc(OCc4ccc(C(C)C)cc4)cc3)c2C(=O)N1. The third-order valence-electron chi connectivity index (χ3n) is 6.14. The van der Waals surface area contributed by atoms with Crippen molar-refractivity contribution in [2.75, 3.05) is 0 Å². The van der Waals surface area contributed by atoms with Gasteiger partial charge in [-0.3, -0.25) is 14.5 Å². The fraction of sp³-hybridized carbons (Fsp3) is 0.250. The van der Waals surface area contributed by atoms with E-state index in [4.69, 9.17) is 9.84 Å². The third kappa shape index (κ3) is 4.31. The van der Waals surface area contributed by atoms with Gasteiger partial charge >= 0.3 is 0 Å². The summed E-state index contributed by atoms with van der Waals surface area (Å²) >= 11 is 0. The lowest BCUT2D eigenvalue weighted by Gasteiger charge is -2.21. The van der Waals surface area contributed by atoms with Gasteiger partial charge in [0.2, 0.25) is 0 Å². The first-order valence-electron chi connectivity index (χ1n) is 11.6. The van der Waals surface area contributed by atoms with Crippen LogP contribution >= 0.6 is 0 Å². The largest absolute Gasteiger partial charge is 0.489 e. The summed E-state index contributed by atoms with van der Waals surface area (Å²) < 4.78 is 7.84. The molecule has 3 heterocycles. The van der Waals surface area contributed by atoms with Crippen LogP contribution in [0, 0.1) is 0 Å². The number of nitrogens with one attached hydrogen (secondary N) is 1. The average Bonchev–Trinajstić information content (AvgIpc) is 3.23. The van der Waals surface area contributed by atoms with Gasteiger partial charge in [-0.2, -0.15) is 5.10 Å². The first kappa shape index (κ1) is 21.9. The van der Waals surface area contributed by atoms with Crippen LogP contribution in [0.25, 0.3) is 22.4 Å². The standard InChI is InChI=1S/C28H28N4O2/c1-18(2)21-6-4-20(5-7-21)17-34-24-10-8-22(9-11-24)25-26(23-12-14-29-15-13-23)31-32-16-19(3)30-28(33)27(25)32/h4-15,18-19H,16-17H2,1-3H3,(H,30,33). The molecule has 1 atom stereocenters. The number of fused-ring (bicyclic) bond motifs is 1. The smallest absolute Gasteiger partial charge is 0.270 e. The molecule has 0 bridgehead atoms. The highest BCUT2D eigenvalue weighted by Crippen LogP contribution is 2.36. The molecule has 2 aromatic heterocycles. The van der Waals surface area contributed by atoms with Gasteiger partial charge in [-0.25, -0.2) is 0 Å². The molecule has 1 aliphatic rings. The van der Waals surface area contributed by atoms with E-state index in [0.29, 0.717) is 24.8 Å². The van der Waals surface area contributed by atoms with Crippen LogP contribution in [0.2, 0.25) is 0 Å². The monoisotopic (exact) mass is 452 g/mol. The van der Waals surface area contributed by atoms with Gasteiger partial charge in [-0.15, -0.1) is 0 Å². The molecule has 1 aliphatic heterocycles. The van der Waals surface area contributed by atoms with E-state index in [0.717, 1.165) is 33.7 Å². The van der Waals surface area contributed by atoms with Crippen LogP contribution in [-0.2, 0) is 13.2 Å². The number of hydrogen-bond acceptors (Lipinski definition) is 4. The molecule has 0 saturated carbocycles. The van der Waals surface area contributed by atoms with Crippen LogP contribution in [0.15, 0.2) is 73.1 Å². The molecule has 0 saturated heterocycles. The summed E-state index contributed by atoms with van der Waals surface area (Å²) in [5.74, 6) is 1.19. The van der Waals surface area contributed by atoms with Crippen molar-refractivity contribution in [2.24, 2.45) is 0 Å². The van der Waals surface area contributed by atoms with Crippen molar-refractivity contribution < 1.29 is 9.53 Å². The van der Waals surface area contributed by atoms with Crippen molar-refractivity contribution in [1.82, 2.24) is 20.1 Å². The molecule has 0 aliphatic carbocycles. The number of carbonyl (C=O) groups is 1. The van der Waals surface area contributed by atoms with E-state index in [1.807, 2.05) is 48.0 Å². The Hall–Kier alpha value is -3.93. The minimum Gasteiger partial charge on any atom is -0.489 e. The lowest BCUT2D eigenvalue weighted by molar-refractivity contribution is 0.0902. The summed E-state index contributed by atoms with van der Waals surface area (Å²) in [6.07, 6.45) is 3.48. The number of hydrogen-bond donors (Lipinski definition) is 1.